The molecule has 0 aliphatic rings. The predicted molar refractivity (Wildman–Crippen MR) is 92.5 cm³/mol. The fraction of sp³-hybridized carbons (Fsp3) is 0.375. The third kappa shape index (κ3) is 8.88. The SMILES string of the molecule is CC(C)OS(=O)(=O)OC(C)C.[NaH].c1ccc2ccccc2c1. The molecule has 4 nitrogen and oxygen atoms in total. The van der Waals surface area contributed by atoms with Gasteiger partial charge in [0, 0.05) is 0 Å². The summed E-state index contributed by atoms with van der Waals surface area (Å²) < 4.78 is 30.6. The van der Waals surface area contributed by atoms with E-state index in [1.807, 2.05) is 0 Å². The monoisotopic (exact) mass is 334 g/mol. The van der Waals surface area contributed by atoms with E-state index in [0.29, 0.717) is 0 Å². The molecular formula is C16H23NaO4S. The maximum atomic E-state index is 10.8. The van der Waals surface area contributed by atoms with Gasteiger partial charge >= 0.3 is 40.0 Å². The molecule has 0 radical (unpaired) electrons. The van der Waals surface area contributed by atoms with E-state index in [1.165, 1.54) is 10.8 Å². The predicted octanol–water partition coefficient (Wildman–Crippen LogP) is 3.27. The van der Waals surface area contributed by atoms with Gasteiger partial charge in [-0.1, -0.05) is 48.5 Å². The molecule has 0 aliphatic heterocycles. The number of hydrogen-bond donors (Lipinski definition) is 0. The van der Waals surface area contributed by atoms with Crippen LogP contribution in [0.15, 0.2) is 48.5 Å². The van der Waals surface area contributed by atoms with Crippen LogP contribution in [0.3, 0.4) is 0 Å². The molecule has 2 aromatic carbocycles. The van der Waals surface area contributed by atoms with E-state index in [1.54, 1.807) is 27.7 Å². The number of hydrogen-bond acceptors (Lipinski definition) is 4. The van der Waals surface area contributed by atoms with E-state index in [-0.39, 0.29) is 41.8 Å². The minimum absolute atomic E-state index is 0. The van der Waals surface area contributed by atoms with Gasteiger partial charge in [-0.2, -0.15) is 8.42 Å². The quantitative estimate of drug-likeness (QED) is 0.805. The first-order valence-electron chi connectivity index (χ1n) is 6.85. The summed E-state index contributed by atoms with van der Waals surface area (Å²) in [4.78, 5) is 0. The second kappa shape index (κ2) is 10.4. The van der Waals surface area contributed by atoms with Gasteiger partial charge in [-0.15, -0.1) is 0 Å². The molecule has 22 heavy (non-hydrogen) atoms. The van der Waals surface area contributed by atoms with Crippen LogP contribution in [0.2, 0.25) is 0 Å². The van der Waals surface area contributed by atoms with Crippen molar-refractivity contribution < 1.29 is 16.8 Å². The minimum Gasteiger partial charge on any atom is -0.0616 e. The molecule has 0 aromatic heterocycles. The third-order valence-electron chi connectivity index (χ3n) is 2.28. The van der Waals surface area contributed by atoms with E-state index in [2.05, 4.69) is 56.9 Å². The van der Waals surface area contributed by atoms with Crippen LogP contribution in [-0.2, 0) is 18.8 Å². The van der Waals surface area contributed by atoms with Crippen LogP contribution in [0.5, 0.6) is 0 Å². The smallest absolute Gasteiger partial charge is 0.0184 e. The Hall–Kier alpha value is -0.430. The van der Waals surface area contributed by atoms with Crippen molar-refractivity contribution in [1.29, 1.82) is 0 Å². The van der Waals surface area contributed by atoms with E-state index in [0.717, 1.165) is 0 Å². The van der Waals surface area contributed by atoms with Crippen LogP contribution in [0.1, 0.15) is 27.7 Å². The molecule has 6 heteroatoms. The summed E-state index contributed by atoms with van der Waals surface area (Å²) >= 11 is 0. The zero-order valence-corrected chi connectivity index (χ0v) is 13.6. The average Bonchev–Trinajstić information content (AvgIpc) is 2.36. The maximum absolute atomic E-state index is 10.8. The second-order valence-corrected chi connectivity index (χ2v) is 6.25. The summed E-state index contributed by atoms with van der Waals surface area (Å²) in [6, 6.07) is 16.7. The van der Waals surface area contributed by atoms with Gasteiger partial charge in [0.05, 0.1) is 12.2 Å². The normalized spacial score (nSPS) is 11.0. The molecule has 0 saturated carbocycles. The molecule has 0 bridgehead atoms. The van der Waals surface area contributed by atoms with Crippen molar-refractivity contribution in [3.8, 4) is 0 Å². The molecule has 2 rings (SSSR count). The van der Waals surface area contributed by atoms with Gasteiger partial charge in [-0.25, -0.2) is 8.37 Å². The van der Waals surface area contributed by atoms with Crippen molar-refractivity contribution in [3.05, 3.63) is 48.5 Å². The van der Waals surface area contributed by atoms with E-state index in [9.17, 15) is 8.42 Å². The standard InChI is InChI=1S/C10H8.C6H14O4S.Na.H/c1-2-6-10-8-4-3-7-9(10)5-1;1-5(2)9-11(7,8)10-6(3)4;;/h1-8H;5-6H,1-4H3;;. The van der Waals surface area contributed by atoms with Gasteiger partial charge in [-0.3, -0.25) is 0 Å². The van der Waals surface area contributed by atoms with Crippen molar-refractivity contribution in [2.45, 2.75) is 39.9 Å². The molecule has 118 valence electrons. The van der Waals surface area contributed by atoms with Crippen molar-refractivity contribution in [2.75, 3.05) is 0 Å². The Morgan fingerprint density at radius 2 is 1.00 bits per heavy atom. The maximum Gasteiger partial charge on any atom is -0.0184 e. The van der Waals surface area contributed by atoms with E-state index < -0.39 is 10.4 Å². The van der Waals surface area contributed by atoms with Crippen molar-refractivity contribution >= 4 is 50.7 Å². The molecule has 0 amide bonds. The Balaban J connectivity index is 0.000000383. The molecule has 0 spiro atoms. The minimum atomic E-state index is -3.78. The summed E-state index contributed by atoms with van der Waals surface area (Å²) in [5, 5.41) is 2.62. The molecule has 0 fully saturated rings. The molecule has 0 unspecified atom stereocenters. The number of benzene rings is 2. The number of rotatable bonds is 4. The second-order valence-electron chi connectivity index (χ2n) is 5.05. The van der Waals surface area contributed by atoms with Gasteiger partial charge in [-0.05, 0) is 38.5 Å². The largest absolute Gasteiger partial charge is 0.0616 e. The van der Waals surface area contributed by atoms with E-state index in [4.69, 9.17) is 0 Å². The zero-order valence-electron chi connectivity index (χ0n) is 12.8. The summed E-state index contributed by atoms with van der Waals surface area (Å²) in [7, 11) is -3.78. The van der Waals surface area contributed by atoms with Crippen LogP contribution >= 0.6 is 0 Å². The molecule has 0 saturated heterocycles. The summed E-state index contributed by atoms with van der Waals surface area (Å²) in [6.07, 6.45) is -0.752. The van der Waals surface area contributed by atoms with Crippen LogP contribution < -0.4 is 0 Å². The van der Waals surface area contributed by atoms with Crippen LogP contribution in [0, 0.1) is 0 Å². The Kier molecular flexibility index (Phi) is 10.2. The van der Waals surface area contributed by atoms with Crippen LogP contribution in [-0.4, -0.2) is 50.2 Å². The van der Waals surface area contributed by atoms with Gasteiger partial charge < -0.3 is 0 Å². The fourth-order valence-electron chi connectivity index (χ4n) is 1.63. The van der Waals surface area contributed by atoms with Gasteiger partial charge in [0.15, 0.2) is 0 Å². The van der Waals surface area contributed by atoms with Gasteiger partial charge in [0.2, 0.25) is 0 Å². The zero-order chi connectivity index (χ0) is 15.9. The Morgan fingerprint density at radius 3 is 1.23 bits per heavy atom. The summed E-state index contributed by atoms with van der Waals surface area (Å²) in [6.45, 7) is 6.50. The topological polar surface area (TPSA) is 52.6 Å². The Bertz CT molecular complexity index is 573. The number of fused-ring (bicyclic) bond motifs is 1. The van der Waals surface area contributed by atoms with Crippen molar-refractivity contribution in [3.63, 3.8) is 0 Å². The molecule has 0 aliphatic carbocycles. The third-order valence-corrected chi connectivity index (χ3v) is 3.52. The van der Waals surface area contributed by atoms with Crippen LogP contribution in [0.25, 0.3) is 10.8 Å². The average molecular weight is 334 g/mol. The first-order chi connectivity index (χ1) is 9.80. The van der Waals surface area contributed by atoms with E-state index >= 15 is 0 Å². The molecule has 0 heterocycles. The molecule has 2 aromatic rings. The Labute approximate surface area is 155 Å². The van der Waals surface area contributed by atoms with Gasteiger partial charge in [0.1, 0.15) is 0 Å². The summed E-state index contributed by atoms with van der Waals surface area (Å²) in [5.41, 5.74) is 0. The van der Waals surface area contributed by atoms with Crippen molar-refractivity contribution in [1.82, 2.24) is 0 Å². The molecule has 0 atom stereocenters. The first-order valence-corrected chi connectivity index (χ1v) is 8.19. The fourth-order valence-corrected chi connectivity index (χ4v) is 2.62. The first kappa shape index (κ1) is 21.6. The van der Waals surface area contributed by atoms with Crippen molar-refractivity contribution in [2.24, 2.45) is 0 Å². The summed E-state index contributed by atoms with van der Waals surface area (Å²) in [5.74, 6) is 0. The van der Waals surface area contributed by atoms with Crippen LogP contribution in [0.4, 0.5) is 0 Å². The molecule has 0 N–H and O–H groups in total. The Morgan fingerprint density at radius 1 is 0.727 bits per heavy atom. The van der Waals surface area contributed by atoms with Gasteiger partial charge in [0.25, 0.3) is 0 Å². The molecular weight excluding hydrogens is 311 g/mol.